The molecule has 0 radical (unpaired) electrons. The van der Waals surface area contributed by atoms with Gasteiger partial charge in [-0.15, -0.1) is 0 Å². The molecule has 0 amide bonds. The maximum absolute atomic E-state index is 8.85. The first-order valence-electron chi connectivity index (χ1n) is 4.49. The molecule has 0 heterocycles. The van der Waals surface area contributed by atoms with Crippen molar-refractivity contribution in [2.75, 3.05) is 19.8 Å². The van der Waals surface area contributed by atoms with Gasteiger partial charge in [-0.1, -0.05) is 0 Å². The zero-order valence-electron chi connectivity index (χ0n) is 7.72. The second-order valence-corrected chi connectivity index (χ2v) is 2.73. The smallest absolute Gasteiger partial charge is 0.0983 e. The number of unbranched alkanes of at least 4 members (excludes halogenated alkanes) is 2. The Morgan fingerprint density at radius 2 is 1.92 bits per heavy atom. The van der Waals surface area contributed by atoms with E-state index in [-0.39, 0.29) is 13.2 Å². The molecule has 0 saturated heterocycles. The third kappa shape index (κ3) is 9.33. The highest BCUT2D eigenvalue weighted by atomic mass is 16.5. The standard InChI is InChI=1S/C9H18O4/c10-5-2-1-3-6-13-7-4-9(12)8-11/h4,7,9-12H,1-3,5-6,8H2. The molecule has 0 aromatic carbocycles. The van der Waals surface area contributed by atoms with E-state index in [0.717, 1.165) is 19.3 Å². The van der Waals surface area contributed by atoms with Crippen LogP contribution in [-0.4, -0.2) is 41.2 Å². The average molecular weight is 190 g/mol. The van der Waals surface area contributed by atoms with Crippen molar-refractivity contribution in [3.63, 3.8) is 0 Å². The molecule has 78 valence electrons. The lowest BCUT2D eigenvalue weighted by Crippen LogP contribution is -2.07. The van der Waals surface area contributed by atoms with Crippen molar-refractivity contribution in [1.29, 1.82) is 0 Å². The first kappa shape index (κ1) is 12.4. The molecule has 0 saturated carbocycles. The van der Waals surface area contributed by atoms with Gasteiger partial charge in [0.05, 0.1) is 25.6 Å². The fraction of sp³-hybridized carbons (Fsp3) is 0.778. The summed E-state index contributed by atoms with van der Waals surface area (Å²) in [4.78, 5) is 0. The van der Waals surface area contributed by atoms with Crippen LogP contribution in [0.2, 0.25) is 0 Å². The van der Waals surface area contributed by atoms with Gasteiger partial charge in [0, 0.05) is 6.61 Å². The van der Waals surface area contributed by atoms with Crippen LogP contribution < -0.4 is 0 Å². The molecule has 0 rings (SSSR count). The Kier molecular flexibility index (Phi) is 9.08. The molecule has 0 spiro atoms. The summed E-state index contributed by atoms with van der Waals surface area (Å²) in [6.07, 6.45) is 4.57. The van der Waals surface area contributed by atoms with Crippen LogP contribution in [0.3, 0.4) is 0 Å². The maximum atomic E-state index is 8.85. The SMILES string of the molecule is OCCCCCOC=CC(O)CO. The largest absolute Gasteiger partial charge is 0.501 e. The normalized spacial score (nSPS) is 13.5. The number of rotatable bonds is 8. The molecule has 0 aromatic heterocycles. The molecule has 1 atom stereocenters. The van der Waals surface area contributed by atoms with Crippen molar-refractivity contribution in [3.05, 3.63) is 12.3 Å². The van der Waals surface area contributed by atoms with E-state index < -0.39 is 6.10 Å². The first-order chi connectivity index (χ1) is 6.31. The van der Waals surface area contributed by atoms with Crippen molar-refractivity contribution in [2.45, 2.75) is 25.4 Å². The predicted molar refractivity (Wildman–Crippen MR) is 49.1 cm³/mol. The third-order valence-corrected chi connectivity index (χ3v) is 1.50. The zero-order chi connectivity index (χ0) is 9.94. The van der Waals surface area contributed by atoms with Crippen LogP contribution in [0, 0.1) is 0 Å². The molecule has 3 N–H and O–H groups in total. The maximum Gasteiger partial charge on any atom is 0.0983 e. The minimum atomic E-state index is -0.836. The molecule has 0 fully saturated rings. The topological polar surface area (TPSA) is 69.9 Å². The Hall–Kier alpha value is -0.580. The van der Waals surface area contributed by atoms with Crippen molar-refractivity contribution in [3.8, 4) is 0 Å². The molecule has 1 unspecified atom stereocenters. The van der Waals surface area contributed by atoms with E-state index in [1.807, 2.05) is 0 Å². The summed E-state index contributed by atoms with van der Waals surface area (Å²) in [5.41, 5.74) is 0. The molecule has 0 aliphatic carbocycles. The summed E-state index contributed by atoms with van der Waals surface area (Å²) in [5, 5.41) is 25.7. The molecular weight excluding hydrogens is 172 g/mol. The van der Waals surface area contributed by atoms with E-state index in [1.54, 1.807) is 0 Å². The summed E-state index contributed by atoms with van der Waals surface area (Å²) in [6.45, 7) is 0.512. The summed E-state index contributed by atoms with van der Waals surface area (Å²) in [6, 6.07) is 0. The van der Waals surface area contributed by atoms with Crippen LogP contribution in [0.1, 0.15) is 19.3 Å². The summed E-state index contributed by atoms with van der Waals surface area (Å²) < 4.78 is 5.02. The van der Waals surface area contributed by atoms with Crippen LogP contribution in [-0.2, 0) is 4.74 Å². The number of hydrogen-bond acceptors (Lipinski definition) is 4. The van der Waals surface area contributed by atoms with Crippen molar-refractivity contribution < 1.29 is 20.1 Å². The Morgan fingerprint density at radius 1 is 1.15 bits per heavy atom. The van der Waals surface area contributed by atoms with Crippen LogP contribution in [0.15, 0.2) is 12.3 Å². The van der Waals surface area contributed by atoms with Gasteiger partial charge in [-0.3, -0.25) is 0 Å². The fourth-order valence-electron chi connectivity index (χ4n) is 0.749. The molecular formula is C9H18O4. The van der Waals surface area contributed by atoms with Crippen LogP contribution in [0.4, 0.5) is 0 Å². The van der Waals surface area contributed by atoms with Crippen molar-refractivity contribution >= 4 is 0 Å². The quantitative estimate of drug-likeness (QED) is 0.373. The lowest BCUT2D eigenvalue weighted by Gasteiger charge is -2.01. The van der Waals surface area contributed by atoms with Gasteiger partial charge < -0.3 is 20.1 Å². The van der Waals surface area contributed by atoms with E-state index in [1.165, 1.54) is 12.3 Å². The fourth-order valence-corrected chi connectivity index (χ4v) is 0.749. The van der Waals surface area contributed by atoms with Gasteiger partial charge in [-0.2, -0.15) is 0 Å². The highest BCUT2D eigenvalue weighted by Gasteiger charge is 1.93. The summed E-state index contributed by atoms with van der Waals surface area (Å²) in [5.74, 6) is 0. The van der Waals surface area contributed by atoms with E-state index in [9.17, 15) is 0 Å². The van der Waals surface area contributed by atoms with E-state index >= 15 is 0 Å². The zero-order valence-corrected chi connectivity index (χ0v) is 7.72. The Labute approximate surface area is 78.5 Å². The van der Waals surface area contributed by atoms with E-state index in [4.69, 9.17) is 20.1 Å². The van der Waals surface area contributed by atoms with Gasteiger partial charge in [0.2, 0.25) is 0 Å². The van der Waals surface area contributed by atoms with Gasteiger partial charge in [-0.25, -0.2) is 0 Å². The summed E-state index contributed by atoms with van der Waals surface area (Å²) >= 11 is 0. The average Bonchev–Trinajstić information content (AvgIpc) is 2.16. The van der Waals surface area contributed by atoms with Crippen molar-refractivity contribution in [1.82, 2.24) is 0 Å². The molecule has 0 aliphatic rings. The molecule has 13 heavy (non-hydrogen) atoms. The third-order valence-electron chi connectivity index (χ3n) is 1.50. The van der Waals surface area contributed by atoms with Gasteiger partial charge in [0.15, 0.2) is 0 Å². The Balaban J connectivity index is 3.10. The second-order valence-electron chi connectivity index (χ2n) is 2.73. The van der Waals surface area contributed by atoms with Crippen LogP contribution >= 0.6 is 0 Å². The van der Waals surface area contributed by atoms with Crippen LogP contribution in [0.5, 0.6) is 0 Å². The minimum Gasteiger partial charge on any atom is -0.501 e. The van der Waals surface area contributed by atoms with E-state index in [2.05, 4.69) is 0 Å². The molecule has 0 bridgehead atoms. The Bertz CT molecular complexity index is 125. The van der Waals surface area contributed by atoms with Gasteiger partial charge in [0.25, 0.3) is 0 Å². The lowest BCUT2D eigenvalue weighted by atomic mass is 10.2. The molecule has 4 heteroatoms. The molecule has 0 aliphatic heterocycles. The Morgan fingerprint density at radius 3 is 2.54 bits per heavy atom. The van der Waals surface area contributed by atoms with Gasteiger partial charge >= 0.3 is 0 Å². The predicted octanol–water partition coefficient (Wildman–Crippen LogP) is 0.0325. The molecule has 4 nitrogen and oxygen atoms in total. The monoisotopic (exact) mass is 190 g/mol. The van der Waals surface area contributed by atoms with Crippen LogP contribution in [0.25, 0.3) is 0 Å². The molecule has 0 aromatic rings. The number of aliphatic hydroxyl groups excluding tert-OH is 3. The van der Waals surface area contributed by atoms with E-state index in [0.29, 0.717) is 6.61 Å². The summed E-state index contributed by atoms with van der Waals surface area (Å²) in [7, 11) is 0. The van der Waals surface area contributed by atoms with Crippen molar-refractivity contribution in [2.24, 2.45) is 0 Å². The number of ether oxygens (including phenoxy) is 1. The number of aliphatic hydroxyl groups is 3. The highest BCUT2D eigenvalue weighted by Crippen LogP contribution is 1.95. The number of hydrogen-bond donors (Lipinski definition) is 3. The lowest BCUT2D eigenvalue weighted by molar-refractivity contribution is 0.127. The van der Waals surface area contributed by atoms with Gasteiger partial charge in [0.1, 0.15) is 0 Å². The highest BCUT2D eigenvalue weighted by molar-refractivity contribution is 4.81. The first-order valence-corrected chi connectivity index (χ1v) is 4.49. The minimum absolute atomic E-state index is 0.221. The van der Waals surface area contributed by atoms with Gasteiger partial charge in [-0.05, 0) is 25.3 Å². The second kappa shape index (κ2) is 9.51.